The normalized spacial score (nSPS) is 15.1. The minimum atomic E-state index is -1.01. The topological polar surface area (TPSA) is 79.5 Å². The molecule has 162 valence electrons. The maximum absolute atomic E-state index is 14.3. The van der Waals surface area contributed by atoms with Gasteiger partial charge in [0.25, 0.3) is 5.91 Å². The minimum Gasteiger partial charge on any atom is -0.505 e. The molecular formula is C23H20Cl2FNO4. The number of hydrogen-bond acceptors (Lipinski definition) is 3. The van der Waals surface area contributed by atoms with Gasteiger partial charge in [0.2, 0.25) is 0 Å². The third kappa shape index (κ3) is 3.79. The maximum Gasteiger partial charge on any atom is 0.311 e. The van der Waals surface area contributed by atoms with E-state index in [1.807, 2.05) is 0 Å². The molecule has 0 bridgehead atoms. The van der Waals surface area contributed by atoms with Crippen molar-refractivity contribution in [2.75, 3.05) is 0 Å². The van der Waals surface area contributed by atoms with Gasteiger partial charge in [0.05, 0.1) is 21.5 Å². The Bertz CT molecular complexity index is 1220. The van der Waals surface area contributed by atoms with Gasteiger partial charge in [-0.2, -0.15) is 0 Å². The molecule has 3 aromatic rings. The van der Waals surface area contributed by atoms with Gasteiger partial charge in [-0.15, -0.1) is 0 Å². The summed E-state index contributed by atoms with van der Waals surface area (Å²) < 4.78 is 15.5. The monoisotopic (exact) mass is 463 g/mol. The van der Waals surface area contributed by atoms with Crippen LogP contribution >= 0.6 is 23.2 Å². The van der Waals surface area contributed by atoms with Crippen molar-refractivity contribution in [3.63, 3.8) is 0 Å². The molecule has 2 aromatic carbocycles. The molecule has 0 radical (unpaired) electrons. The van der Waals surface area contributed by atoms with Crippen LogP contribution in [0.2, 0.25) is 10.0 Å². The van der Waals surface area contributed by atoms with E-state index in [0.717, 1.165) is 25.3 Å². The van der Waals surface area contributed by atoms with Crippen molar-refractivity contribution >= 4 is 46.0 Å². The molecule has 0 saturated heterocycles. The summed E-state index contributed by atoms with van der Waals surface area (Å²) >= 11 is 12.0. The SMILES string of the molecule is Cc1c([C@H](CC2CCC2)C(=O)O)c2cc(O)c(F)cc2n1C(=O)c1ccc(Cl)c(Cl)c1. The van der Waals surface area contributed by atoms with Crippen molar-refractivity contribution in [3.8, 4) is 5.75 Å². The average Bonchev–Trinajstić information content (AvgIpc) is 2.94. The zero-order chi connectivity index (χ0) is 22.4. The number of phenolic OH excluding ortho intramolecular Hbond substituents is 1. The van der Waals surface area contributed by atoms with E-state index < -0.39 is 29.4 Å². The lowest BCUT2D eigenvalue weighted by molar-refractivity contribution is -0.139. The number of carboxylic acid groups (broad SMARTS) is 1. The van der Waals surface area contributed by atoms with Crippen LogP contribution in [0.1, 0.15) is 53.2 Å². The third-order valence-electron chi connectivity index (χ3n) is 6.13. The van der Waals surface area contributed by atoms with E-state index in [0.29, 0.717) is 29.0 Å². The highest BCUT2D eigenvalue weighted by Gasteiger charge is 2.33. The summed E-state index contributed by atoms with van der Waals surface area (Å²) in [6.07, 6.45) is 3.42. The molecule has 5 nitrogen and oxygen atoms in total. The molecule has 1 heterocycles. The first-order chi connectivity index (χ1) is 14.7. The van der Waals surface area contributed by atoms with E-state index in [1.54, 1.807) is 6.92 Å². The number of aromatic nitrogens is 1. The first-order valence-electron chi connectivity index (χ1n) is 9.95. The van der Waals surface area contributed by atoms with Gasteiger partial charge in [0.15, 0.2) is 11.6 Å². The van der Waals surface area contributed by atoms with Crippen LogP contribution in [0.3, 0.4) is 0 Å². The highest BCUT2D eigenvalue weighted by molar-refractivity contribution is 6.42. The molecule has 0 spiro atoms. The molecule has 31 heavy (non-hydrogen) atoms. The average molecular weight is 464 g/mol. The van der Waals surface area contributed by atoms with E-state index >= 15 is 0 Å². The van der Waals surface area contributed by atoms with Gasteiger partial charge < -0.3 is 10.2 Å². The van der Waals surface area contributed by atoms with Crippen LogP contribution < -0.4 is 0 Å². The van der Waals surface area contributed by atoms with Crippen molar-refractivity contribution in [2.45, 2.75) is 38.5 Å². The second kappa shape index (κ2) is 8.17. The molecule has 8 heteroatoms. The summed E-state index contributed by atoms with van der Waals surface area (Å²) in [6, 6.07) is 6.65. The van der Waals surface area contributed by atoms with Crippen molar-refractivity contribution in [3.05, 3.63) is 63.0 Å². The molecule has 1 saturated carbocycles. The van der Waals surface area contributed by atoms with Crippen molar-refractivity contribution < 1.29 is 24.2 Å². The van der Waals surface area contributed by atoms with Crippen LogP contribution in [0.4, 0.5) is 4.39 Å². The number of halogens is 3. The summed E-state index contributed by atoms with van der Waals surface area (Å²) in [5.74, 6) is -3.59. The van der Waals surface area contributed by atoms with Gasteiger partial charge in [0, 0.05) is 22.7 Å². The van der Waals surface area contributed by atoms with Gasteiger partial charge in [-0.3, -0.25) is 14.2 Å². The number of aromatic hydroxyl groups is 1. The van der Waals surface area contributed by atoms with Crippen LogP contribution in [-0.2, 0) is 4.79 Å². The molecule has 1 aliphatic carbocycles. The summed E-state index contributed by atoms with van der Waals surface area (Å²) in [6.45, 7) is 1.64. The Labute approximate surface area is 188 Å². The summed E-state index contributed by atoms with van der Waals surface area (Å²) in [5, 5.41) is 20.8. The molecule has 0 unspecified atom stereocenters. The Kier molecular flexibility index (Phi) is 5.71. The minimum absolute atomic E-state index is 0.193. The molecule has 4 rings (SSSR count). The Balaban J connectivity index is 1.94. The maximum atomic E-state index is 14.3. The Morgan fingerprint density at radius 3 is 2.48 bits per heavy atom. The fraction of sp³-hybridized carbons (Fsp3) is 0.304. The van der Waals surface area contributed by atoms with Crippen LogP contribution in [0.25, 0.3) is 10.9 Å². The number of carbonyl (C=O) groups is 2. The van der Waals surface area contributed by atoms with Gasteiger partial charge in [-0.25, -0.2) is 4.39 Å². The fourth-order valence-electron chi connectivity index (χ4n) is 4.31. The lowest BCUT2D eigenvalue weighted by atomic mass is 9.77. The number of carboxylic acids is 1. The fourth-order valence-corrected chi connectivity index (χ4v) is 4.61. The summed E-state index contributed by atoms with van der Waals surface area (Å²) in [4.78, 5) is 25.6. The number of carbonyl (C=O) groups excluding carboxylic acids is 1. The zero-order valence-corrected chi connectivity index (χ0v) is 18.2. The lowest BCUT2D eigenvalue weighted by Crippen LogP contribution is -2.21. The first kappa shape index (κ1) is 21.7. The quantitative estimate of drug-likeness (QED) is 0.475. The smallest absolute Gasteiger partial charge is 0.311 e. The van der Waals surface area contributed by atoms with Gasteiger partial charge >= 0.3 is 5.97 Å². The lowest BCUT2D eigenvalue weighted by Gasteiger charge is -2.28. The molecular weight excluding hydrogens is 444 g/mol. The second-order valence-corrected chi connectivity index (χ2v) is 8.83. The van der Waals surface area contributed by atoms with Crippen LogP contribution in [0, 0.1) is 18.7 Å². The van der Waals surface area contributed by atoms with E-state index in [4.69, 9.17) is 23.2 Å². The number of hydrogen-bond donors (Lipinski definition) is 2. The van der Waals surface area contributed by atoms with Gasteiger partial charge in [-0.05, 0) is 49.1 Å². The van der Waals surface area contributed by atoms with Crippen molar-refractivity contribution in [1.29, 1.82) is 0 Å². The van der Waals surface area contributed by atoms with Crippen molar-refractivity contribution in [1.82, 2.24) is 4.57 Å². The van der Waals surface area contributed by atoms with Gasteiger partial charge in [-0.1, -0.05) is 42.5 Å². The van der Waals surface area contributed by atoms with E-state index in [-0.39, 0.29) is 21.1 Å². The molecule has 1 atom stereocenters. The standard InChI is InChI=1S/C23H20Cl2FNO4/c1-11-21(15(23(30)31)7-12-3-2-4-12)14-9-20(28)18(26)10-19(14)27(11)22(29)13-5-6-16(24)17(25)8-13/h5-6,8-10,12,15,28H,2-4,7H2,1H3,(H,30,31)/t15-/m0/s1. The molecule has 0 amide bonds. The highest BCUT2D eigenvalue weighted by Crippen LogP contribution is 2.42. The van der Waals surface area contributed by atoms with E-state index in [1.165, 1.54) is 28.8 Å². The number of rotatable bonds is 5. The van der Waals surface area contributed by atoms with Crippen LogP contribution in [-0.4, -0.2) is 26.7 Å². The predicted molar refractivity (Wildman–Crippen MR) is 117 cm³/mol. The second-order valence-electron chi connectivity index (χ2n) is 8.01. The molecule has 1 fully saturated rings. The number of fused-ring (bicyclic) bond motifs is 1. The number of benzene rings is 2. The number of phenols is 1. The van der Waals surface area contributed by atoms with Crippen LogP contribution in [0.5, 0.6) is 5.75 Å². The zero-order valence-electron chi connectivity index (χ0n) is 16.7. The highest BCUT2D eigenvalue weighted by atomic mass is 35.5. The molecule has 1 aliphatic rings. The summed E-state index contributed by atoms with van der Waals surface area (Å²) in [5.41, 5.74) is 1.22. The largest absolute Gasteiger partial charge is 0.505 e. The van der Waals surface area contributed by atoms with Gasteiger partial charge in [0.1, 0.15) is 0 Å². The Morgan fingerprint density at radius 1 is 1.19 bits per heavy atom. The third-order valence-corrected chi connectivity index (χ3v) is 6.87. The number of nitrogens with zero attached hydrogens (tertiary/aromatic N) is 1. The number of aliphatic carboxylic acids is 1. The van der Waals surface area contributed by atoms with Crippen LogP contribution in [0.15, 0.2) is 30.3 Å². The predicted octanol–water partition coefficient (Wildman–Crippen LogP) is 6.15. The first-order valence-corrected chi connectivity index (χ1v) is 10.7. The van der Waals surface area contributed by atoms with E-state index in [9.17, 15) is 24.2 Å². The Hall–Kier alpha value is -2.57. The molecule has 2 N–H and O–H groups in total. The van der Waals surface area contributed by atoms with E-state index in [2.05, 4.69) is 0 Å². The molecule has 1 aromatic heterocycles. The molecule has 0 aliphatic heterocycles. The summed E-state index contributed by atoms with van der Waals surface area (Å²) in [7, 11) is 0. The Morgan fingerprint density at radius 2 is 1.90 bits per heavy atom. The van der Waals surface area contributed by atoms with Crippen molar-refractivity contribution in [2.24, 2.45) is 5.92 Å².